The molecule has 3 rings (SSSR count). The fraction of sp³-hybridized carbons (Fsp3) is 0.0625. The van der Waals surface area contributed by atoms with Gasteiger partial charge >= 0.3 is 6.18 Å². The van der Waals surface area contributed by atoms with Crippen molar-refractivity contribution in [1.82, 2.24) is 4.98 Å². The van der Waals surface area contributed by atoms with Gasteiger partial charge in [-0.3, -0.25) is 0 Å². The van der Waals surface area contributed by atoms with E-state index in [-0.39, 0.29) is 5.82 Å². The Hall–Kier alpha value is -2.41. The molecule has 0 aliphatic rings. The van der Waals surface area contributed by atoms with Gasteiger partial charge in [0.05, 0.1) is 16.9 Å². The van der Waals surface area contributed by atoms with Gasteiger partial charge in [-0.25, -0.2) is 9.38 Å². The minimum atomic E-state index is -4.36. The average Bonchev–Trinajstić information content (AvgIpc) is 2.96. The number of aromatic nitrogens is 1. The lowest BCUT2D eigenvalue weighted by atomic mass is 10.2. The van der Waals surface area contributed by atoms with Crippen molar-refractivity contribution in [2.24, 2.45) is 4.99 Å². The third-order valence-corrected chi connectivity index (χ3v) is 3.88. The third-order valence-electron chi connectivity index (χ3n) is 3.11. The van der Waals surface area contributed by atoms with E-state index in [9.17, 15) is 17.6 Å². The molecule has 2 aromatic carbocycles. The molecule has 7 heteroatoms. The number of nitrogens with zero attached hydrogens (tertiary/aromatic N) is 1. The number of aromatic amines is 1. The minimum Gasteiger partial charge on any atom is -0.330 e. The predicted octanol–water partition coefficient (Wildman–Crippen LogP) is 5.13. The van der Waals surface area contributed by atoms with Crippen LogP contribution in [-0.2, 0) is 6.18 Å². The molecule has 1 aromatic heterocycles. The van der Waals surface area contributed by atoms with Crippen LogP contribution in [0.5, 0.6) is 0 Å². The quantitative estimate of drug-likeness (QED) is 0.627. The molecule has 0 atom stereocenters. The Kier molecular flexibility index (Phi) is 4.04. The maximum absolute atomic E-state index is 12.9. The summed E-state index contributed by atoms with van der Waals surface area (Å²) in [6.45, 7) is 0. The molecule has 0 saturated heterocycles. The first-order chi connectivity index (χ1) is 10.9. The summed E-state index contributed by atoms with van der Waals surface area (Å²) in [5.41, 5.74) is 1.28. The van der Waals surface area contributed by atoms with Crippen molar-refractivity contribution >= 4 is 17.0 Å². The fourth-order valence-electron chi connectivity index (χ4n) is 1.96. The Balaban J connectivity index is 1.87. The van der Waals surface area contributed by atoms with E-state index in [1.54, 1.807) is 12.1 Å². The highest BCUT2D eigenvalue weighted by Gasteiger charge is 2.29. The first-order valence-corrected chi connectivity index (χ1v) is 7.45. The largest absolute Gasteiger partial charge is 0.416 e. The van der Waals surface area contributed by atoms with Gasteiger partial charge in [-0.2, -0.15) is 13.2 Å². The standard InChI is InChI=1S/C16H10F4N2S/c17-12-5-1-10(2-6-12)14-9-23-15(22-14)21-13-7-3-11(4-8-13)16(18,19)20/h1-9H,(H,21,22). The highest BCUT2D eigenvalue weighted by Crippen LogP contribution is 2.30. The molecule has 0 bridgehead atoms. The normalized spacial score (nSPS) is 12.6. The Morgan fingerprint density at radius 3 is 2.17 bits per heavy atom. The monoisotopic (exact) mass is 338 g/mol. The molecule has 2 nitrogen and oxygen atoms in total. The summed E-state index contributed by atoms with van der Waals surface area (Å²) in [6, 6.07) is 10.6. The summed E-state index contributed by atoms with van der Waals surface area (Å²) < 4.78 is 50.4. The molecule has 1 N–H and O–H groups in total. The summed E-state index contributed by atoms with van der Waals surface area (Å²) in [5, 5.41) is 1.82. The van der Waals surface area contributed by atoms with Crippen molar-refractivity contribution in [3.8, 4) is 11.3 Å². The van der Waals surface area contributed by atoms with Gasteiger partial charge in [0.25, 0.3) is 0 Å². The Labute approximate surface area is 132 Å². The molecule has 0 fully saturated rings. The zero-order valence-electron chi connectivity index (χ0n) is 11.6. The Morgan fingerprint density at radius 2 is 1.57 bits per heavy atom. The van der Waals surface area contributed by atoms with E-state index < -0.39 is 11.7 Å². The smallest absolute Gasteiger partial charge is 0.330 e. The predicted molar refractivity (Wildman–Crippen MR) is 80.7 cm³/mol. The molecule has 3 aromatic rings. The second-order valence-electron chi connectivity index (χ2n) is 4.74. The van der Waals surface area contributed by atoms with E-state index in [1.807, 2.05) is 5.38 Å². The van der Waals surface area contributed by atoms with Crippen LogP contribution in [0.4, 0.5) is 23.2 Å². The van der Waals surface area contributed by atoms with Gasteiger partial charge in [-0.05, 0) is 54.1 Å². The first-order valence-electron chi connectivity index (χ1n) is 6.57. The van der Waals surface area contributed by atoms with E-state index in [2.05, 4.69) is 9.98 Å². The maximum atomic E-state index is 12.9. The van der Waals surface area contributed by atoms with Crippen molar-refractivity contribution in [2.75, 3.05) is 0 Å². The molecule has 0 unspecified atom stereocenters. The van der Waals surface area contributed by atoms with Crippen LogP contribution in [0.15, 0.2) is 58.9 Å². The minimum absolute atomic E-state index is 0.321. The average molecular weight is 338 g/mol. The lowest BCUT2D eigenvalue weighted by Gasteiger charge is -2.05. The number of thiazole rings is 1. The van der Waals surface area contributed by atoms with Gasteiger partial charge in [-0.15, -0.1) is 11.3 Å². The SMILES string of the molecule is Fc1ccc(-c2csc(=Nc3ccc(C(F)(F)F)cc3)[nH]2)cc1. The van der Waals surface area contributed by atoms with Crippen LogP contribution in [0, 0.1) is 5.82 Å². The lowest BCUT2D eigenvalue weighted by molar-refractivity contribution is -0.137. The zero-order chi connectivity index (χ0) is 16.4. The molecule has 1 heterocycles. The topological polar surface area (TPSA) is 28.1 Å². The van der Waals surface area contributed by atoms with Crippen LogP contribution < -0.4 is 4.80 Å². The Bertz CT molecular complexity index is 859. The van der Waals surface area contributed by atoms with Crippen molar-refractivity contribution in [3.05, 3.63) is 70.1 Å². The molecule has 0 spiro atoms. The summed E-state index contributed by atoms with van der Waals surface area (Å²) >= 11 is 1.31. The number of halogens is 4. The van der Waals surface area contributed by atoms with E-state index in [1.165, 1.54) is 35.6 Å². The number of hydrogen-bond donors (Lipinski definition) is 1. The summed E-state index contributed by atoms with van der Waals surface area (Å²) in [5.74, 6) is -0.321. The maximum Gasteiger partial charge on any atom is 0.416 e. The molecule has 0 saturated carbocycles. The van der Waals surface area contributed by atoms with Gasteiger partial charge in [0.2, 0.25) is 0 Å². The van der Waals surface area contributed by atoms with Crippen molar-refractivity contribution in [3.63, 3.8) is 0 Å². The third kappa shape index (κ3) is 3.68. The number of benzene rings is 2. The molecule has 0 aliphatic carbocycles. The number of H-pyrrole nitrogens is 1. The number of rotatable bonds is 2. The van der Waals surface area contributed by atoms with Crippen molar-refractivity contribution < 1.29 is 17.6 Å². The van der Waals surface area contributed by atoms with Crippen LogP contribution in [0.2, 0.25) is 0 Å². The van der Waals surface area contributed by atoms with Crippen LogP contribution in [0.25, 0.3) is 11.3 Å². The zero-order valence-corrected chi connectivity index (χ0v) is 12.4. The summed E-state index contributed by atoms with van der Waals surface area (Å²) in [7, 11) is 0. The highest BCUT2D eigenvalue weighted by atomic mass is 32.1. The molecule has 118 valence electrons. The number of nitrogens with one attached hydrogen (secondary N) is 1. The highest BCUT2D eigenvalue weighted by molar-refractivity contribution is 7.07. The Morgan fingerprint density at radius 1 is 0.913 bits per heavy atom. The van der Waals surface area contributed by atoms with E-state index in [4.69, 9.17) is 0 Å². The number of alkyl halides is 3. The summed E-state index contributed by atoms with van der Waals surface area (Å²) in [4.78, 5) is 7.84. The van der Waals surface area contributed by atoms with Crippen molar-refractivity contribution in [1.29, 1.82) is 0 Å². The van der Waals surface area contributed by atoms with Crippen molar-refractivity contribution in [2.45, 2.75) is 6.18 Å². The van der Waals surface area contributed by atoms with Gasteiger partial charge in [-0.1, -0.05) is 0 Å². The van der Waals surface area contributed by atoms with E-state index >= 15 is 0 Å². The van der Waals surface area contributed by atoms with Gasteiger partial charge in [0.15, 0.2) is 4.80 Å². The molecule has 0 amide bonds. The van der Waals surface area contributed by atoms with Gasteiger partial charge in [0, 0.05) is 5.38 Å². The van der Waals surface area contributed by atoms with Crippen LogP contribution in [-0.4, -0.2) is 4.98 Å². The summed E-state index contributed by atoms with van der Waals surface area (Å²) in [6.07, 6.45) is -4.36. The molecule has 0 radical (unpaired) electrons. The van der Waals surface area contributed by atoms with Gasteiger partial charge in [0.1, 0.15) is 5.82 Å². The molecular weight excluding hydrogens is 328 g/mol. The second-order valence-corrected chi connectivity index (χ2v) is 5.60. The van der Waals surface area contributed by atoms with Crippen LogP contribution in [0.3, 0.4) is 0 Å². The molecule has 23 heavy (non-hydrogen) atoms. The molecular formula is C16H10F4N2S. The van der Waals surface area contributed by atoms with Crippen LogP contribution in [0.1, 0.15) is 5.56 Å². The van der Waals surface area contributed by atoms with E-state index in [0.29, 0.717) is 10.5 Å². The lowest BCUT2D eigenvalue weighted by Crippen LogP contribution is -2.04. The first kappa shape index (κ1) is 15.5. The second kappa shape index (κ2) is 6.00. The fourth-order valence-corrected chi connectivity index (χ4v) is 2.71. The van der Waals surface area contributed by atoms with Crippen LogP contribution >= 0.6 is 11.3 Å². The van der Waals surface area contributed by atoms with Gasteiger partial charge < -0.3 is 4.98 Å². The molecule has 0 aliphatic heterocycles. The number of hydrogen-bond acceptors (Lipinski definition) is 2. The van der Waals surface area contributed by atoms with E-state index in [0.717, 1.165) is 23.4 Å².